The molecule has 0 saturated heterocycles. The van der Waals surface area contributed by atoms with Crippen LogP contribution in [0, 0.1) is 0 Å². The molecule has 0 spiro atoms. The molecule has 3 nitrogen and oxygen atoms in total. The maximum absolute atomic E-state index is 5.22. The Morgan fingerprint density at radius 3 is 2.47 bits per heavy atom. The van der Waals surface area contributed by atoms with Crippen LogP contribution in [-0.4, -0.2) is 11.8 Å². The maximum atomic E-state index is 5.22. The molecule has 0 unspecified atom stereocenters. The van der Waals surface area contributed by atoms with Gasteiger partial charge in [0.1, 0.15) is 0 Å². The first-order valence-corrected chi connectivity index (χ1v) is 6.62. The molecule has 2 aromatic rings. The molecule has 0 N–H and O–H groups in total. The van der Waals surface area contributed by atoms with Gasteiger partial charge in [0.2, 0.25) is 6.79 Å². The van der Waals surface area contributed by atoms with Gasteiger partial charge < -0.3 is 9.47 Å². The molecule has 0 aliphatic carbocycles. The molecule has 0 amide bonds. The Labute approximate surface area is 114 Å². The highest BCUT2D eigenvalue weighted by molar-refractivity contribution is 5.44. The zero-order chi connectivity index (χ0) is 13.5. The lowest BCUT2D eigenvalue weighted by molar-refractivity contribution is 0.174. The summed E-state index contributed by atoms with van der Waals surface area (Å²) in [6.07, 6.45) is 3.89. The summed E-state index contributed by atoms with van der Waals surface area (Å²) in [6.45, 7) is 4.59. The Balaban J connectivity index is 0.000000148. The summed E-state index contributed by atoms with van der Waals surface area (Å²) in [4.78, 5) is 4.10. The van der Waals surface area contributed by atoms with Crippen LogP contribution in [0.25, 0.3) is 0 Å². The highest BCUT2D eigenvalue weighted by Gasteiger charge is 2.11. The highest BCUT2D eigenvalue weighted by Crippen LogP contribution is 2.32. The van der Waals surface area contributed by atoms with E-state index in [4.69, 9.17) is 9.47 Å². The molecule has 1 aromatic carbocycles. The zero-order valence-corrected chi connectivity index (χ0v) is 11.4. The Kier molecular flexibility index (Phi) is 4.78. The van der Waals surface area contributed by atoms with E-state index < -0.39 is 0 Å². The highest BCUT2D eigenvalue weighted by atomic mass is 16.7. The zero-order valence-electron chi connectivity index (χ0n) is 11.4. The van der Waals surface area contributed by atoms with Crippen LogP contribution in [0.5, 0.6) is 11.5 Å². The van der Waals surface area contributed by atoms with E-state index in [-0.39, 0.29) is 0 Å². The predicted octanol–water partition coefficient (Wildman–Crippen LogP) is 3.62. The van der Waals surface area contributed by atoms with E-state index in [1.165, 1.54) is 5.56 Å². The minimum absolute atomic E-state index is 0.364. The molecular weight excluding hydrogens is 238 g/mol. The van der Waals surface area contributed by atoms with Gasteiger partial charge in [-0.3, -0.25) is 4.98 Å². The fourth-order valence-corrected chi connectivity index (χ4v) is 1.77. The van der Waals surface area contributed by atoms with Gasteiger partial charge >= 0.3 is 0 Å². The van der Waals surface area contributed by atoms with Crippen LogP contribution >= 0.6 is 0 Å². The monoisotopic (exact) mass is 257 g/mol. The third-order valence-corrected chi connectivity index (χ3v) is 2.93. The maximum Gasteiger partial charge on any atom is 0.231 e. The van der Waals surface area contributed by atoms with Crippen molar-refractivity contribution >= 4 is 0 Å². The third kappa shape index (κ3) is 3.71. The first-order chi connectivity index (χ1) is 9.33. The predicted molar refractivity (Wildman–Crippen MR) is 75.6 cm³/mol. The minimum Gasteiger partial charge on any atom is -0.454 e. The second-order valence-electron chi connectivity index (χ2n) is 4.22. The molecule has 2 heterocycles. The molecule has 0 atom stereocenters. The number of rotatable bonds is 2. The fourth-order valence-electron chi connectivity index (χ4n) is 1.77. The Hall–Kier alpha value is -2.03. The molecule has 19 heavy (non-hydrogen) atoms. The van der Waals surface area contributed by atoms with Crippen molar-refractivity contribution in [3.8, 4) is 11.5 Å². The van der Waals surface area contributed by atoms with Crippen LogP contribution < -0.4 is 9.47 Å². The number of pyridine rings is 1. The molecule has 1 aliphatic rings. The van der Waals surface area contributed by atoms with Gasteiger partial charge in [0.05, 0.1) is 0 Å². The number of benzene rings is 1. The van der Waals surface area contributed by atoms with Crippen molar-refractivity contribution in [2.75, 3.05) is 6.79 Å². The fraction of sp³-hybridized carbons (Fsp3) is 0.312. The normalized spacial score (nSPS) is 11.7. The number of hydrogen-bond donors (Lipinski definition) is 0. The molecule has 0 fully saturated rings. The number of ether oxygens (including phenoxy) is 2. The smallest absolute Gasteiger partial charge is 0.231 e. The second-order valence-corrected chi connectivity index (χ2v) is 4.22. The van der Waals surface area contributed by atoms with Crippen molar-refractivity contribution in [1.82, 2.24) is 4.98 Å². The van der Waals surface area contributed by atoms with Gasteiger partial charge in [-0.15, -0.1) is 0 Å². The number of hydrogen-bond acceptors (Lipinski definition) is 3. The average molecular weight is 257 g/mol. The summed E-state index contributed by atoms with van der Waals surface area (Å²) < 4.78 is 10.4. The molecule has 3 heteroatoms. The van der Waals surface area contributed by atoms with E-state index >= 15 is 0 Å². The van der Waals surface area contributed by atoms with Crippen LogP contribution in [0.3, 0.4) is 0 Å². The Morgan fingerprint density at radius 1 is 1.00 bits per heavy atom. The molecule has 3 rings (SSSR count). The topological polar surface area (TPSA) is 31.4 Å². The second kappa shape index (κ2) is 6.78. The van der Waals surface area contributed by atoms with E-state index in [9.17, 15) is 0 Å². The summed E-state index contributed by atoms with van der Waals surface area (Å²) in [5.74, 6) is 1.74. The average Bonchev–Trinajstić information content (AvgIpc) is 2.96. The standard InChI is InChI=1S/C9H10O2.C7H9N/c1-2-7-3-4-8-9(5-7)11-6-10-8;1-2-7-5-3-4-6-8-7/h3-5H,2,6H2,1H3;3-6H,2H2,1H3. The van der Waals surface area contributed by atoms with Gasteiger partial charge in [0.15, 0.2) is 11.5 Å². The van der Waals surface area contributed by atoms with Crippen molar-refractivity contribution < 1.29 is 9.47 Å². The van der Waals surface area contributed by atoms with Crippen LogP contribution in [0.2, 0.25) is 0 Å². The van der Waals surface area contributed by atoms with Crippen molar-refractivity contribution in [2.24, 2.45) is 0 Å². The van der Waals surface area contributed by atoms with Gasteiger partial charge in [-0.2, -0.15) is 0 Å². The Morgan fingerprint density at radius 2 is 1.84 bits per heavy atom. The molecule has 0 saturated carbocycles. The van der Waals surface area contributed by atoms with Crippen LogP contribution in [0.4, 0.5) is 0 Å². The lowest BCUT2D eigenvalue weighted by atomic mass is 10.1. The summed E-state index contributed by atoms with van der Waals surface area (Å²) in [5, 5.41) is 0. The molecule has 0 radical (unpaired) electrons. The number of nitrogens with zero attached hydrogens (tertiary/aromatic N) is 1. The van der Waals surface area contributed by atoms with Crippen LogP contribution in [0.15, 0.2) is 42.6 Å². The molecule has 100 valence electrons. The van der Waals surface area contributed by atoms with E-state index in [2.05, 4.69) is 24.9 Å². The van der Waals surface area contributed by atoms with Gasteiger partial charge in [-0.05, 0) is 42.7 Å². The summed E-state index contributed by atoms with van der Waals surface area (Å²) >= 11 is 0. The van der Waals surface area contributed by atoms with E-state index in [0.717, 1.165) is 30.0 Å². The van der Waals surface area contributed by atoms with Gasteiger partial charge in [-0.1, -0.05) is 26.0 Å². The molecule has 0 bridgehead atoms. The van der Waals surface area contributed by atoms with Crippen molar-refractivity contribution in [3.63, 3.8) is 0 Å². The van der Waals surface area contributed by atoms with Crippen molar-refractivity contribution in [2.45, 2.75) is 26.7 Å². The molecule has 1 aliphatic heterocycles. The number of fused-ring (bicyclic) bond motifs is 1. The van der Waals surface area contributed by atoms with E-state index in [0.29, 0.717) is 6.79 Å². The van der Waals surface area contributed by atoms with Gasteiger partial charge in [0.25, 0.3) is 0 Å². The molecular formula is C16H19NO2. The van der Waals surface area contributed by atoms with Crippen LogP contribution in [0.1, 0.15) is 25.1 Å². The lowest BCUT2D eigenvalue weighted by Gasteiger charge is -1.97. The van der Waals surface area contributed by atoms with E-state index in [1.807, 2.05) is 36.5 Å². The third-order valence-electron chi connectivity index (χ3n) is 2.93. The quantitative estimate of drug-likeness (QED) is 0.823. The SMILES string of the molecule is CCc1ccc2c(c1)OCO2.CCc1ccccn1. The Bertz CT molecular complexity index is 511. The first kappa shape index (κ1) is 13.4. The van der Waals surface area contributed by atoms with Gasteiger partial charge in [0, 0.05) is 11.9 Å². The number of aromatic nitrogens is 1. The number of aryl methyl sites for hydroxylation is 2. The van der Waals surface area contributed by atoms with E-state index in [1.54, 1.807) is 0 Å². The lowest BCUT2D eigenvalue weighted by Crippen LogP contribution is -1.92. The summed E-state index contributed by atoms with van der Waals surface area (Å²) in [7, 11) is 0. The van der Waals surface area contributed by atoms with Crippen LogP contribution in [-0.2, 0) is 12.8 Å². The summed E-state index contributed by atoms with van der Waals surface area (Å²) in [5.41, 5.74) is 2.45. The largest absolute Gasteiger partial charge is 0.454 e. The first-order valence-electron chi connectivity index (χ1n) is 6.62. The van der Waals surface area contributed by atoms with Gasteiger partial charge in [-0.25, -0.2) is 0 Å². The summed E-state index contributed by atoms with van der Waals surface area (Å²) in [6, 6.07) is 12.0. The van der Waals surface area contributed by atoms with Crippen molar-refractivity contribution in [1.29, 1.82) is 0 Å². The van der Waals surface area contributed by atoms with Crippen molar-refractivity contribution in [3.05, 3.63) is 53.9 Å². The minimum atomic E-state index is 0.364. The molecule has 1 aromatic heterocycles.